The highest BCUT2D eigenvalue weighted by atomic mass is 16.5. The van der Waals surface area contributed by atoms with E-state index < -0.39 is 0 Å². The Labute approximate surface area is 269 Å². The zero-order valence-electron chi connectivity index (χ0n) is 29.3. The van der Waals surface area contributed by atoms with Crippen molar-refractivity contribution in [2.75, 3.05) is 19.8 Å². The lowest BCUT2D eigenvalue weighted by Gasteiger charge is -2.19. The Hall–Kier alpha value is -1.38. The molecule has 0 fully saturated rings. The number of ether oxygens (including phenoxy) is 3. The summed E-state index contributed by atoms with van der Waals surface area (Å²) in [6.07, 6.45) is 34.3. The lowest BCUT2D eigenvalue weighted by Crippen LogP contribution is -2.07. The third-order valence-electron chi connectivity index (χ3n) is 8.55. The van der Waals surface area contributed by atoms with Gasteiger partial charge in [-0.25, -0.2) is 0 Å². The second-order valence-electron chi connectivity index (χ2n) is 12.8. The molecule has 0 aliphatic rings. The van der Waals surface area contributed by atoms with Crippen molar-refractivity contribution >= 4 is 0 Å². The Morgan fingerprint density at radius 1 is 0.419 bits per heavy atom. The van der Waals surface area contributed by atoms with E-state index in [1.165, 1.54) is 140 Å². The summed E-state index contributed by atoms with van der Waals surface area (Å²) < 4.78 is 19.4. The SMILES string of the molecule is [CH2]CCCc1cc(OCCCCCCCCCC)c(OCCCCCCCCCC)c(OCCCCCCCCCC)c1. The Morgan fingerprint density at radius 3 is 1.09 bits per heavy atom. The van der Waals surface area contributed by atoms with E-state index in [2.05, 4.69) is 39.8 Å². The van der Waals surface area contributed by atoms with Crippen molar-refractivity contribution in [1.82, 2.24) is 0 Å². The van der Waals surface area contributed by atoms with Gasteiger partial charge in [-0.1, -0.05) is 169 Å². The highest BCUT2D eigenvalue weighted by molar-refractivity contribution is 5.54. The molecule has 251 valence electrons. The topological polar surface area (TPSA) is 27.7 Å². The van der Waals surface area contributed by atoms with Gasteiger partial charge in [0.2, 0.25) is 5.75 Å². The molecule has 0 saturated heterocycles. The smallest absolute Gasteiger partial charge is 0.203 e. The van der Waals surface area contributed by atoms with Crippen molar-refractivity contribution in [2.45, 2.75) is 194 Å². The van der Waals surface area contributed by atoms with Crippen LogP contribution in [-0.4, -0.2) is 19.8 Å². The van der Waals surface area contributed by atoms with Crippen LogP contribution < -0.4 is 14.2 Å². The van der Waals surface area contributed by atoms with Gasteiger partial charge in [-0.3, -0.25) is 0 Å². The minimum Gasteiger partial charge on any atom is -0.490 e. The number of rotatable bonds is 33. The maximum absolute atomic E-state index is 6.48. The molecule has 1 aromatic carbocycles. The lowest BCUT2D eigenvalue weighted by molar-refractivity contribution is 0.234. The van der Waals surface area contributed by atoms with E-state index in [4.69, 9.17) is 14.2 Å². The number of hydrogen-bond donors (Lipinski definition) is 0. The fourth-order valence-electron chi connectivity index (χ4n) is 5.71. The quantitative estimate of drug-likeness (QED) is 0.0750. The van der Waals surface area contributed by atoms with Crippen molar-refractivity contribution < 1.29 is 14.2 Å². The summed E-state index contributed by atoms with van der Waals surface area (Å²) in [4.78, 5) is 0. The molecule has 0 saturated carbocycles. The molecular weight excluding hydrogens is 528 g/mol. The van der Waals surface area contributed by atoms with E-state index in [1.807, 2.05) is 0 Å². The summed E-state index contributed by atoms with van der Waals surface area (Å²) in [7, 11) is 0. The zero-order chi connectivity index (χ0) is 31.1. The zero-order valence-corrected chi connectivity index (χ0v) is 29.3. The van der Waals surface area contributed by atoms with Crippen molar-refractivity contribution in [3.05, 3.63) is 24.6 Å². The summed E-state index contributed by atoms with van der Waals surface area (Å²) in [5.74, 6) is 2.60. The van der Waals surface area contributed by atoms with E-state index in [0.29, 0.717) is 0 Å². The predicted octanol–water partition coefficient (Wildman–Crippen LogP) is 13.4. The number of aryl methyl sites for hydroxylation is 1. The molecule has 43 heavy (non-hydrogen) atoms. The molecule has 0 aromatic heterocycles. The number of benzene rings is 1. The second kappa shape index (κ2) is 30.6. The van der Waals surface area contributed by atoms with Gasteiger partial charge in [-0.2, -0.15) is 0 Å². The van der Waals surface area contributed by atoms with Gasteiger partial charge < -0.3 is 14.2 Å². The van der Waals surface area contributed by atoms with Gasteiger partial charge in [0.25, 0.3) is 0 Å². The van der Waals surface area contributed by atoms with Crippen molar-refractivity contribution in [2.24, 2.45) is 0 Å². The summed E-state index contributed by atoms with van der Waals surface area (Å²) >= 11 is 0. The van der Waals surface area contributed by atoms with E-state index in [1.54, 1.807) is 0 Å². The van der Waals surface area contributed by atoms with Crippen molar-refractivity contribution in [3.8, 4) is 17.2 Å². The largest absolute Gasteiger partial charge is 0.490 e. The highest BCUT2D eigenvalue weighted by Gasteiger charge is 2.16. The van der Waals surface area contributed by atoms with Crippen LogP contribution in [0.1, 0.15) is 193 Å². The number of unbranched alkanes of at least 4 members (excludes halogenated alkanes) is 22. The minimum atomic E-state index is 0.732. The average Bonchev–Trinajstić information content (AvgIpc) is 3.02. The van der Waals surface area contributed by atoms with Crippen LogP contribution in [-0.2, 0) is 6.42 Å². The first-order valence-electron chi connectivity index (χ1n) is 19.1. The van der Waals surface area contributed by atoms with Gasteiger partial charge in [-0.05, 0) is 49.8 Å². The van der Waals surface area contributed by atoms with E-state index in [0.717, 1.165) is 75.6 Å². The van der Waals surface area contributed by atoms with E-state index in [9.17, 15) is 0 Å². The van der Waals surface area contributed by atoms with Crippen LogP contribution >= 0.6 is 0 Å². The molecule has 0 N–H and O–H groups in total. The van der Waals surface area contributed by atoms with E-state index in [-0.39, 0.29) is 0 Å². The molecule has 1 aromatic rings. The Bertz CT molecular complexity index is 673. The first kappa shape index (κ1) is 39.6. The third-order valence-corrected chi connectivity index (χ3v) is 8.55. The Kier molecular flexibility index (Phi) is 28.2. The van der Waals surface area contributed by atoms with Gasteiger partial charge in [0, 0.05) is 0 Å². The fraction of sp³-hybridized carbons (Fsp3) is 0.825. The Balaban J connectivity index is 2.71. The van der Waals surface area contributed by atoms with Crippen LogP contribution in [0.3, 0.4) is 0 Å². The summed E-state index contributed by atoms with van der Waals surface area (Å²) in [5.41, 5.74) is 1.28. The van der Waals surface area contributed by atoms with Crippen LogP contribution in [0.15, 0.2) is 12.1 Å². The van der Waals surface area contributed by atoms with Crippen LogP contribution in [0.4, 0.5) is 0 Å². The van der Waals surface area contributed by atoms with Crippen LogP contribution in [0.25, 0.3) is 0 Å². The van der Waals surface area contributed by atoms with Gasteiger partial charge in [-0.15, -0.1) is 0 Å². The summed E-state index contributed by atoms with van der Waals surface area (Å²) in [5, 5.41) is 0. The molecule has 3 nitrogen and oxygen atoms in total. The van der Waals surface area contributed by atoms with Gasteiger partial charge in [0.05, 0.1) is 19.8 Å². The molecule has 0 atom stereocenters. The molecule has 0 amide bonds. The molecule has 0 heterocycles. The molecule has 0 bridgehead atoms. The molecule has 0 spiro atoms. The first-order chi connectivity index (χ1) is 21.3. The van der Waals surface area contributed by atoms with Crippen molar-refractivity contribution in [1.29, 1.82) is 0 Å². The molecule has 0 unspecified atom stereocenters. The van der Waals surface area contributed by atoms with Gasteiger partial charge in [0.15, 0.2) is 11.5 Å². The summed E-state index contributed by atoms with van der Waals surface area (Å²) in [6.45, 7) is 13.1. The second-order valence-corrected chi connectivity index (χ2v) is 12.8. The molecule has 1 radical (unpaired) electrons. The molecule has 0 aliphatic heterocycles. The standard InChI is InChI=1S/C40H73O3/c1-5-9-13-16-19-22-25-28-32-41-38-35-37(31-12-8-4)36-39(42-33-29-26-23-20-17-14-10-6-2)40(38)43-34-30-27-24-21-18-15-11-7-3/h35-36H,4-34H2,1-3H3. The maximum atomic E-state index is 6.48. The minimum absolute atomic E-state index is 0.732. The molecule has 0 aliphatic carbocycles. The predicted molar refractivity (Wildman–Crippen MR) is 189 cm³/mol. The van der Waals surface area contributed by atoms with Crippen LogP contribution in [0.2, 0.25) is 0 Å². The highest BCUT2D eigenvalue weighted by Crippen LogP contribution is 2.40. The fourth-order valence-corrected chi connectivity index (χ4v) is 5.71. The Morgan fingerprint density at radius 2 is 0.744 bits per heavy atom. The lowest BCUT2D eigenvalue weighted by atomic mass is 10.1. The molecule has 3 heteroatoms. The van der Waals surface area contributed by atoms with Gasteiger partial charge in [0.1, 0.15) is 0 Å². The normalized spacial score (nSPS) is 11.3. The van der Waals surface area contributed by atoms with Gasteiger partial charge >= 0.3 is 0 Å². The van der Waals surface area contributed by atoms with Crippen LogP contribution in [0.5, 0.6) is 17.2 Å². The van der Waals surface area contributed by atoms with Crippen molar-refractivity contribution in [3.63, 3.8) is 0 Å². The monoisotopic (exact) mass is 602 g/mol. The van der Waals surface area contributed by atoms with E-state index >= 15 is 0 Å². The first-order valence-corrected chi connectivity index (χ1v) is 19.1. The summed E-state index contributed by atoms with van der Waals surface area (Å²) in [6, 6.07) is 4.43. The molecule has 1 rings (SSSR count). The maximum Gasteiger partial charge on any atom is 0.203 e. The van der Waals surface area contributed by atoms with Crippen LogP contribution in [0, 0.1) is 6.92 Å². The number of hydrogen-bond acceptors (Lipinski definition) is 3. The molecular formula is C40H73O3. The third kappa shape index (κ3) is 22.7. The average molecular weight is 602 g/mol.